The van der Waals surface area contributed by atoms with E-state index in [1.54, 1.807) is 42.5 Å². The highest BCUT2D eigenvalue weighted by atomic mass is 35.5. The Labute approximate surface area is 199 Å². The molecule has 8 heteroatoms. The van der Waals surface area contributed by atoms with E-state index in [0.717, 1.165) is 23.0 Å². The zero-order valence-corrected chi connectivity index (χ0v) is 19.7. The van der Waals surface area contributed by atoms with E-state index >= 15 is 0 Å². The summed E-state index contributed by atoms with van der Waals surface area (Å²) < 4.78 is 27.7. The fourth-order valence-electron chi connectivity index (χ4n) is 3.83. The third-order valence-corrected chi connectivity index (χ3v) is 7.67. The van der Waals surface area contributed by atoms with Crippen LogP contribution in [-0.2, 0) is 21.4 Å². The van der Waals surface area contributed by atoms with Crippen molar-refractivity contribution in [2.75, 3.05) is 28.8 Å². The van der Waals surface area contributed by atoms with Gasteiger partial charge in [-0.15, -0.1) is 0 Å². The molecule has 0 aliphatic carbocycles. The van der Waals surface area contributed by atoms with Gasteiger partial charge in [0.15, 0.2) is 0 Å². The van der Waals surface area contributed by atoms with Crippen LogP contribution in [0.1, 0.15) is 18.4 Å². The maximum Gasteiger partial charge on any atom is 0.264 e. The SMILES string of the molecule is O=C(CN(c1ccc(Cl)cc1)S(=O)(=O)c1ccccc1)NCc1ccc(N2CCCC2)cc1. The second-order valence-corrected chi connectivity index (χ2v) is 10.2. The fourth-order valence-corrected chi connectivity index (χ4v) is 5.40. The van der Waals surface area contributed by atoms with E-state index in [9.17, 15) is 13.2 Å². The molecule has 33 heavy (non-hydrogen) atoms. The average Bonchev–Trinajstić information content (AvgIpc) is 3.38. The van der Waals surface area contributed by atoms with Crippen molar-refractivity contribution in [1.82, 2.24) is 5.32 Å². The van der Waals surface area contributed by atoms with Crippen molar-refractivity contribution in [1.29, 1.82) is 0 Å². The minimum atomic E-state index is -3.94. The average molecular weight is 484 g/mol. The molecule has 1 N–H and O–H groups in total. The van der Waals surface area contributed by atoms with Crippen molar-refractivity contribution in [3.05, 3.63) is 89.4 Å². The molecule has 3 aromatic carbocycles. The van der Waals surface area contributed by atoms with Gasteiger partial charge in [-0.1, -0.05) is 41.9 Å². The number of carbonyl (C=O) groups excluding carboxylic acids is 1. The molecule has 1 saturated heterocycles. The highest BCUT2D eigenvalue weighted by molar-refractivity contribution is 7.92. The van der Waals surface area contributed by atoms with Crippen molar-refractivity contribution in [3.8, 4) is 0 Å². The molecule has 1 amide bonds. The van der Waals surface area contributed by atoms with Crippen molar-refractivity contribution in [2.45, 2.75) is 24.3 Å². The lowest BCUT2D eigenvalue weighted by molar-refractivity contribution is -0.119. The van der Waals surface area contributed by atoms with Gasteiger partial charge in [-0.05, 0) is 66.9 Å². The molecule has 0 radical (unpaired) electrons. The van der Waals surface area contributed by atoms with Crippen LogP contribution in [0.4, 0.5) is 11.4 Å². The predicted molar refractivity (Wildman–Crippen MR) is 132 cm³/mol. The van der Waals surface area contributed by atoms with Crippen molar-refractivity contribution in [2.24, 2.45) is 0 Å². The van der Waals surface area contributed by atoms with Gasteiger partial charge in [0.2, 0.25) is 5.91 Å². The molecule has 0 atom stereocenters. The Bertz CT molecular complexity index is 1180. The van der Waals surface area contributed by atoms with Gasteiger partial charge in [-0.2, -0.15) is 0 Å². The largest absolute Gasteiger partial charge is 0.372 e. The highest BCUT2D eigenvalue weighted by Gasteiger charge is 2.27. The molecule has 4 rings (SSSR count). The number of halogens is 1. The number of benzene rings is 3. The van der Waals surface area contributed by atoms with Crippen LogP contribution in [0, 0.1) is 0 Å². The number of rotatable bonds is 8. The van der Waals surface area contributed by atoms with Gasteiger partial charge in [0.05, 0.1) is 10.6 Å². The molecule has 1 aliphatic rings. The molecule has 1 heterocycles. The molecule has 0 saturated carbocycles. The molecule has 6 nitrogen and oxygen atoms in total. The molecule has 3 aromatic rings. The molecule has 0 unspecified atom stereocenters. The summed E-state index contributed by atoms with van der Waals surface area (Å²) in [6.07, 6.45) is 2.43. The maximum absolute atomic E-state index is 13.3. The smallest absolute Gasteiger partial charge is 0.264 e. The van der Waals surface area contributed by atoms with Crippen molar-refractivity contribution < 1.29 is 13.2 Å². The Hall–Kier alpha value is -3.03. The zero-order chi connectivity index (χ0) is 23.3. The minimum absolute atomic E-state index is 0.116. The molecule has 1 aliphatic heterocycles. The summed E-state index contributed by atoms with van der Waals surface area (Å²) in [6, 6.07) is 22.6. The van der Waals surface area contributed by atoms with Gasteiger partial charge in [0, 0.05) is 30.3 Å². The highest BCUT2D eigenvalue weighted by Crippen LogP contribution is 2.25. The lowest BCUT2D eigenvalue weighted by atomic mass is 10.2. The van der Waals surface area contributed by atoms with E-state index in [1.807, 2.05) is 12.1 Å². The Kier molecular flexibility index (Phi) is 7.20. The Morgan fingerprint density at radius 1 is 0.909 bits per heavy atom. The second kappa shape index (κ2) is 10.3. The molecule has 1 fully saturated rings. The fraction of sp³-hybridized carbons (Fsp3) is 0.240. The van der Waals surface area contributed by atoms with Crippen LogP contribution in [0.5, 0.6) is 0 Å². The van der Waals surface area contributed by atoms with Crippen LogP contribution in [0.3, 0.4) is 0 Å². The van der Waals surface area contributed by atoms with E-state index < -0.39 is 15.9 Å². The Balaban J connectivity index is 1.46. The summed E-state index contributed by atoms with van der Waals surface area (Å²) in [5.74, 6) is -0.395. The number of nitrogens with one attached hydrogen (secondary N) is 1. The number of carbonyl (C=O) groups is 1. The normalized spacial score (nSPS) is 13.7. The van der Waals surface area contributed by atoms with E-state index in [2.05, 4.69) is 22.3 Å². The first-order chi connectivity index (χ1) is 15.9. The molecular weight excluding hydrogens is 458 g/mol. The van der Waals surface area contributed by atoms with E-state index in [-0.39, 0.29) is 11.4 Å². The van der Waals surface area contributed by atoms with Gasteiger partial charge in [-0.25, -0.2) is 8.42 Å². The Morgan fingerprint density at radius 2 is 1.55 bits per heavy atom. The summed E-state index contributed by atoms with van der Waals surface area (Å²) in [7, 11) is -3.94. The first kappa shape index (κ1) is 23.1. The van der Waals surface area contributed by atoms with Crippen LogP contribution in [0.2, 0.25) is 5.02 Å². The second-order valence-electron chi connectivity index (χ2n) is 7.94. The molecular formula is C25H26ClN3O3S. The minimum Gasteiger partial charge on any atom is -0.372 e. The number of nitrogens with zero attached hydrogens (tertiary/aromatic N) is 2. The van der Waals surface area contributed by atoms with Crippen LogP contribution in [0.25, 0.3) is 0 Å². The monoisotopic (exact) mass is 483 g/mol. The number of anilines is 2. The van der Waals surface area contributed by atoms with Crippen LogP contribution < -0.4 is 14.5 Å². The van der Waals surface area contributed by atoms with Crippen molar-refractivity contribution >= 4 is 38.9 Å². The van der Waals surface area contributed by atoms with E-state index in [0.29, 0.717) is 17.3 Å². The predicted octanol–water partition coefficient (Wildman–Crippen LogP) is 4.45. The molecule has 172 valence electrons. The first-order valence-electron chi connectivity index (χ1n) is 10.9. The number of hydrogen-bond donors (Lipinski definition) is 1. The van der Waals surface area contributed by atoms with Gasteiger partial charge in [0.25, 0.3) is 10.0 Å². The van der Waals surface area contributed by atoms with Gasteiger partial charge >= 0.3 is 0 Å². The third-order valence-electron chi connectivity index (χ3n) is 5.63. The van der Waals surface area contributed by atoms with E-state index in [1.165, 1.54) is 30.7 Å². The summed E-state index contributed by atoms with van der Waals surface area (Å²) >= 11 is 5.97. The summed E-state index contributed by atoms with van der Waals surface area (Å²) in [5, 5.41) is 3.32. The summed E-state index contributed by atoms with van der Waals surface area (Å²) in [5.41, 5.74) is 2.51. The third kappa shape index (κ3) is 5.67. The molecule has 0 spiro atoms. The lowest BCUT2D eigenvalue weighted by Crippen LogP contribution is -2.40. The maximum atomic E-state index is 13.3. The van der Waals surface area contributed by atoms with Gasteiger partial charge < -0.3 is 10.2 Å². The van der Waals surface area contributed by atoms with Crippen molar-refractivity contribution in [3.63, 3.8) is 0 Å². The molecule has 0 bridgehead atoms. The first-order valence-corrected chi connectivity index (χ1v) is 12.7. The number of sulfonamides is 1. The summed E-state index contributed by atoms with van der Waals surface area (Å²) in [6.45, 7) is 2.13. The number of hydrogen-bond acceptors (Lipinski definition) is 4. The lowest BCUT2D eigenvalue weighted by Gasteiger charge is -2.24. The van der Waals surface area contributed by atoms with E-state index in [4.69, 9.17) is 11.6 Å². The van der Waals surface area contributed by atoms with Gasteiger partial charge in [0.1, 0.15) is 6.54 Å². The van der Waals surface area contributed by atoms with Crippen LogP contribution in [-0.4, -0.2) is 34.0 Å². The topological polar surface area (TPSA) is 69.7 Å². The summed E-state index contributed by atoms with van der Waals surface area (Å²) in [4.78, 5) is 15.2. The Morgan fingerprint density at radius 3 is 2.18 bits per heavy atom. The van der Waals surface area contributed by atoms with Crippen LogP contribution in [0.15, 0.2) is 83.8 Å². The standard InChI is InChI=1S/C25H26ClN3O3S/c26-21-10-14-23(15-11-21)29(33(31,32)24-6-2-1-3-7-24)19-25(30)27-18-20-8-12-22(13-9-20)28-16-4-5-17-28/h1-3,6-15H,4-5,16-19H2,(H,27,30). The quantitative estimate of drug-likeness (QED) is 0.514. The van der Waals surface area contributed by atoms with Crippen LogP contribution >= 0.6 is 11.6 Å². The molecule has 0 aromatic heterocycles. The number of amides is 1. The zero-order valence-electron chi connectivity index (χ0n) is 18.2. The van der Waals surface area contributed by atoms with Gasteiger partial charge in [-0.3, -0.25) is 9.10 Å².